The Morgan fingerprint density at radius 2 is 1.79 bits per heavy atom. The SMILES string of the molecule is CCOC(C(=O)OC)c1c(-c2ccc(C)cc2C)c2ccccc2c(=O)n1C. The maximum absolute atomic E-state index is 13.0. The average molecular weight is 379 g/mol. The van der Waals surface area contributed by atoms with Crippen LogP contribution in [0.25, 0.3) is 21.9 Å². The minimum atomic E-state index is -0.993. The number of ether oxygens (including phenoxy) is 2. The van der Waals surface area contributed by atoms with E-state index in [1.807, 2.05) is 57.2 Å². The van der Waals surface area contributed by atoms with Crippen molar-refractivity contribution in [2.75, 3.05) is 13.7 Å². The Kier molecular flexibility index (Phi) is 5.66. The Labute approximate surface area is 164 Å². The number of aryl methyl sites for hydroxylation is 2. The number of carbonyl (C=O) groups excluding carboxylic acids is 1. The number of aromatic nitrogens is 1. The molecule has 146 valence electrons. The first-order chi connectivity index (χ1) is 13.4. The lowest BCUT2D eigenvalue weighted by molar-refractivity contribution is -0.154. The molecule has 28 heavy (non-hydrogen) atoms. The number of methoxy groups -OCH3 is 1. The molecule has 0 N–H and O–H groups in total. The summed E-state index contributed by atoms with van der Waals surface area (Å²) in [6.45, 7) is 6.19. The predicted molar refractivity (Wildman–Crippen MR) is 110 cm³/mol. The number of nitrogens with zero attached hydrogens (tertiary/aromatic N) is 1. The first-order valence-corrected chi connectivity index (χ1v) is 9.29. The highest BCUT2D eigenvalue weighted by Crippen LogP contribution is 2.37. The highest BCUT2D eigenvalue weighted by Gasteiger charge is 2.30. The van der Waals surface area contributed by atoms with Crippen LogP contribution in [0.2, 0.25) is 0 Å². The van der Waals surface area contributed by atoms with Crippen LogP contribution in [0, 0.1) is 13.8 Å². The Hall–Kier alpha value is -2.92. The largest absolute Gasteiger partial charge is 0.467 e. The van der Waals surface area contributed by atoms with Crippen molar-refractivity contribution < 1.29 is 14.3 Å². The summed E-state index contributed by atoms with van der Waals surface area (Å²) in [4.78, 5) is 25.6. The zero-order valence-corrected chi connectivity index (χ0v) is 16.9. The maximum atomic E-state index is 13.0. The molecule has 0 radical (unpaired) electrons. The summed E-state index contributed by atoms with van der Waals surface area (Å²) < 4.78 is 12.3. The second-order valence-electron chi connectivity index (χ2n) is 6.85. The van der Waals surface area contributed by atoms with Gasteiger partial charge in [-0.3, -0.25) is 4.79 Å². The van der Waals surface area contributed by atoms with Gasteiger partial charge in [-0.05, 0) is 43.4 Å². The molecule has 5 nitrogen and oxygen atoms in total. The van der Waals surface area contributed by atoms with Gasteiger partial charge in [-0.15, -0.1) is 0 Å². The molecule has 3 rings (SSSR count). The van der Waals surface area contributed by atoms with Gasteiger partial charge in [0.05, 0.1) is 12.8 Å². The Morgan fingerprint density at radius 1 is 1.11 bits per heavy atom. The summed E-state index contributed by atoms with van der Waals surface area (Å²) in [7, 11) is 3.00. The average Bonchev–Trinajstić information content (AvgIpc) is 2.69. The van der Waals surface area contributed by atoms with E-state index in [2.05, 4.69) is 6.07 Å². The highest BCUT2D eigenvalue weighted by molar-refractivity contribution is 5.99. The van der Waals surface area contributed by atoms with E-state index in [4.69, 9.17) is 9.47 Å². The Morgan fingerprint density at radius 3 is 2.39 bits per heavy atom. The van der Waals surface area contributed by atoms with Crippen molar-refractivity contribution in [2.24, 2.45) is 7.05 Å². The summed E-state index contributed by atoms with van der Waals surface area (Å²) in [5, 5.41) is 1.39. The van der Waals surface area contributed by atoms with E-state index >= 15 is 0 Å². The van der Waals surface area contributed by atoms with Gasteiger partial charge >= 0.3 is 5.97 Å². The van der Waals surface area contributed by atoms with Gasteiger partial charge in [0.15, 0.2) is 6.10 Å². The molecule has 2 aromatic carbocycles. The van der Waals surface area contributed by atoms with E-state index in [1.165, 1.54) is 11.7 Å². The maximum Gasteiger partial charge on any atom is 0.341 e. The first-order valence-electron chi connectivity index (χ1n) is 9.29. The van der Waals surface area contributed by atoms with E-state index in [0.29, 0.717) is 17.7 Å². The number of pyridine rings is 1. The molecule has 1 heterocycles. The van der Waals surface area contributed by atoms with Crippen molar-refractivity contribution in [3.05, 3.63) is 69.6 Å². The normalized spacial score (nSPS) is 12.2. The molecule has 0 saturated carbocycles. The summed E-state index contributed by atoms with van der Waals surface area (Å²) >= 11 is 0. The molecular formula is C23H25NO4. The molecule has 0 aliphatic rings. The molecule has 0 amide bonds. The van der Waals surface area contributed by atoms with Crippen LogP contribution in [0.3, 0.4) is 0 Å². The van der Waals surface area contributed by atoms with Gasteiger partial charge in [0.25, 0.3) is 5.56 Å². The quantitative estimate of drug-likeness (QED) is 0.627. The molecule has 1 atom stereocenters. The third-order valence-corrected chi connectivity index (χ3v) is 5.00. The molecule has 0 aliphatic carbocycles. The van der Waals surface area contributed by atoms with Crippen molar-refractivity contribution in [1.29, 1.82) is 0 Å². The Bertz CT molecular complexity index is 1100. The van der Waals surface area contributed by atoms with Crippen molar-refractivity contribution in [1.82, 2.24) is 4.57 Å². The fraction of sp³-hybridized carbons (Fsp3) is 0.304. The molecule has 1 unspecified atom stereocenters. The molecule has 0 aliphatic heterocycles. The second kappa shape index (κ2) is 7.98. The van der Waals surface area contributed by atoms with Crippen LogP contribution >= 0.6 is 0 Å². The molecule has 0 saturated heterocycles. The zero-order valence-electron chi connectivity index (χ0n) is 16.9. The van der Waals surface area contributed by atoms with Crippen LogP contribution in [0.4, 0.5) is 0 Å². The number of hydrogen-bond donors (Lipinski definition) is 0. The van der Waals surface area contributed by atoms with E-state index in [9.17, 15) is 9.59 Å². The van der Waals surface area contributed by atoms with E-state index in [1.54, 1.807) is 7.05 Å². The summed E-state index contributed by atoms with van der Waals surface area (Å²) in [5.74, 6) is -0.529. The molecule has 0 bridgehead atoms. The fourth-order valence-corrected chi connectivity index (χ4v) is 3.70. The van der Waals surface area contributed by atoms with Gasteiger partial charge in [-0.1, -0.05) is 42.0 Å². The van der Waals surface area contributed by atoms with E-state index in [-0.39, 0.29) is 5.56 Å². The number of carbonyl (C=O) groups is 1. The predicted octanol–water partition coefficient (Wildman–Crippen LogP) is 4.07. The van der Waals surface area contributed by atoms with E-state index in [0.717, 1.165) is 27.6 Å². The fourth-order valence-electron chi connectivity index (χ4n) is 3.70. The lowest BCUT2D eigenvalue weighted by Gasteiger charge is -2.24. The zero-order chi connectivity index (χ0) is 20.4. The van der Waals surface area contributed by atoms with E-state index < -0.39 is 12.1 Å². The first kappa shape index (κ1) is 19.8. The van der Waals surface area contributed by atoms with Crippen molar-refractivity contribution in [2.45, 2.75) is 26.9 Å². The number of hydrogen-bond acceptors (Lipinski definition) is 4. The molecule has 0 spiro atoms. The molecule has 1 aromatic heterocycles. The molecule has 5 heteroatoms. The second-order valence-corrected chi connectivity index (χ2v) is 6.85. The number of benzene rings is 2. The van der Waals surface area contributed by atoms with Crippen LogP contribution in [0.1, 0.15) is 29.8 Å². The molecule has 3 aromatic rings. The van der Waals surface area contributed by atoms with Crippen molar-refractivity contribution in [3.8, 4) is 11.1 Å². The third-order valence-electron chi connectivity index (χ3n) is 5.00. The summed E-state index contributed by atoms with van der Waals surface area (Å²) in [5.41, 5.74) is 4.31. The van der Waals surface area contributed by atoms with Gasteiger partial charge in [-0.2, -0.15) is 0 Å². The molecule has 0 fully saturated rings. The lowest BCUT2D eigenvalue weighted by Crippen LogP contribution is -2.29. The van der Waals surface area contributed by atoms with Crippen molar-refractivity contribution >= 4 is 16.7 Å². The van der Waals surface area contributed by atoms with Gasteiger partial charge in [-0.25, -0.2) is 4.79 Å². The van der Waals surface area contributed by atoms with Gasteiger partial charge in [0.1, 0.15) is 0 Å². The number of fused-ring (bicyclic) bond motifs is 1. The van der Waals surface area contributed by atoms with Crippen LogP contribution in [0.15, 0.2) is 47.3 Å². The Balaban J connectivity index is 2.50. The summed E-state index contributed by atoms with van der Waals surface area (Å²) in [6.07, 6.45) is -0.993. The lowest BCUT2D eigenvalue weighted by atomic mass is 9.91. The highest BCUT2D eigenvalue weighted by atomic mass is 16.6. The monoisotopic (exact) mass is 379 g/mol. The van der Waals surface area contributed by atoms with Gasteiger partial charge in [0.2, 0.25) is 0 Å². The van der Waals surface area contributed by atoms with Crippen LogP contribution in [-0.2, 0) is 21.3 Å². The third kappa shape index (κ3) is 3.34. The topological polar surface area (TPSA) is 57.5 Å². The smallest absolute Gasteiger partial charge is 0.341 e. The number of rotatable bonds is 5. The standard InChI is InChI=1S/C23H25NO4/c1-6-28-21(23(26)27-5)20-19(16-12-11-14(2)13-15(16)3)17-9-7-8-10-18(17)22(25)24(20)4/h7-13,21H,6H2,1-5H3. The number of esters is 1. The van der Waals surface area contributed by atoms with Gasteiger partial charge in [0, 0.05) is 24.6 Å². The van der Waals surface area contributed by atoms with Gasteiger partial charge < -0.3 is 14.0 Å². The minimum Gasteiger partial charge on any atom is -0.467 e. The van der Waals surface area contributed by atoms with Crippen molar-refractivity contribution in [3.63, 3.8) is 0 Å². The van der Waals surface area contributed by atoms with Crippen LogP contribution in [0.5, 0.6) is 0 Å². The van der Waals surface area contributed by atoms with Crippen LogP contribution < -0.4 is 5.56 Å². The minimum absolute atomic E-state index is 0.173. The molecular weight excluding hydrogens is 354 g/mol. The van der Waals surface area contributed by atoms with Crippen LogP contribution in [-0.4, -0.2) is 24.3 Å². The summed E-state index contributed by atoms with van der Waals surface area (Å²) in [6, 6.07) is 13.6.